The van der Waals surface area contributed by atoms with E-state index in [1.165, 1.54) is 61.9 Å². The second-order valence-corrected chi connectivity index (χ2v) is 11.3. The maximum atomic E-state index is 13.0. The molecule has 31 heavy (non-hydrogen) atoms. The quantitative estimate of drug-likeness (QED) is 0.666. The number of benzene rings is 2. The molecule has 1 heterocycles. The topological polar surface area (TPSA) is 113 Å². The van der Waals surface area contributed by atoms with Crippen molar-refractivity contribution in [1.82, 2.24) is 8.61 Å². The third-order valence-corrected chi connectivity index (χ3v) is 8.71. The lowest BCUT2D eigenvalue weighted by molar-refractivity contribution is 0.102. The van der Waals surface area contributed by atoms with Crippen molar-refractivity contribution in [2.24, 2.45) is 0 Å². The van der Waals surface area contributed by atoms with E-state index in [4.69, 9.17) is 4.74 Å². The maximum Gasteiger partial charge on any atom is 0.255 e. The van der Waals surface area contributed by atoms with Gasteiger partial charge in [0.2, 0.25) is 20.0 Å². The van der Waals surface area contributed by atoms with Crippen molar-refractivity contribution >= 4 is 31.6 Å². The molecule has 0 atom stereocenters. The average molecular weight is 468 g/mol. The van der Waals surface area contributed by atoms with Crippen LogP contribution < -0.4 is 10.1 Å². The molecule has 1 N–H and O–H groups in total. The fraction of sp³-hybridized carbons (Fsp3) is 0.350. The van der Waals surface area contributed by atoms with Crippen LogP contribution in [0.2, 0.25) is 0 Å². The largest absolute Gasteiger partial charge is 0.495 e. The highest BCUT2D eigenvalue weighted by molar-refractivity contribution is 7.89. The molecule has 0 spiro atoms. The van der Waals surface area contributed by atoms with Crippen LogP contribution in [0, 0.1) is 0 Å². The molecule has 0 aliphatic carbocycles. The summed E-state index contributed by atoms with van der Waals surface area (Å²) in [6, 6.07) is 10.0. The van der Waals surface area contributed by atoms with Gasteiger partial charge in [0.15, 0.2) is 0 Å². The highest BCUT2D eigenvalue weighted by atomic mass is 32.2. The van der Waals surface area contributed by atoms with Gasteiger partial charge in [-0.2, -0.15) is 4.31 Å². The normalized spacial score (nSPS) is 15.2. The van der Waals surface area contributed by atoms with Crippen molar-refractivity contribution < 1.29 is 26.4 Å². The van der Waals surface area contributed by atoms with Crippen molar-refractivity contribution in [1.29, 1.82) is 0 Å². The summed E-state index contributed by atoms with van der Waals surface area (Å²) >= 11 is 0. The number of carbonyl (C=O) groups excluding carboxylic acids is 1. The molecule has 1 aliphatic rings. The van der Waals surface area contributed by atoms with E-state index in [-0.39, 0.29) is 26.8 Å². The van der Waals surface area contributed by atoms with E-state index in [9.17, 15) is 21.6 Å². The van der Waals surface area contributed by atoms with Crippen molar-refractivity contribution in [2.45, 2.75) is 22.6 Å². The van der Waals surface area contributed by atoms with E-state index in [0.29, 0.717) is 13.1 Å². The summed E-state index contributed by atoms with van der Waals surface area (Å²) < 4.78 is 58.3. The highest BCUT2D eigenvalue weighted by Gasteiger charge is 2.30. The monoisotopic (exact) mass is 467 g/mol. The van der Waals surface area contributed by atoms with Gasteiger partial charge in [0.05, 0.1) is 12.0 Å². The molecular weight excluding hydrogens is 442 g/mol. The SMILES string of the molecule is COc1ccc(C(=O)Nc2cccc(S(=O)(=O)N(C)C)c2)cc1S(=O)(=O)N1CCCC1. The number of hydrogen-bond acceptors (Lipinski definition) is 6. The number of carbonyl (C=O) groups is 1. The minimum atomic E-state index is -3.80. The predicted octanol–water partition coefficient (Wildman–Crippen LogP) is 1.98. The number of rotatable bonds is 7. The number of ether oxygens (including phenoxy) is 1. The number of nitrogens with one attached hydrogen (secondary N) is 1. The van der Waals surface area contributed by atoms with Crippen molar-refractivity contribution in [3.63, 3.8) is 0 Å². The van der Waals surface area contributed by atoms with Crippen LogP contribution >= 0.6 is 0 Å². The first-order valence-corrected chi connectivity index (χ1v) is 12.5. The van der Waals surface area contributed by atoms with E-state index in [2.05, 4.69) is 5.32 Å². The van der Waals surface area contributed by atoms with Gasteiger partial charge in [0.1, 0.15) is 10.6 Å². The lowest BCUT2D eigenvalue weighted by Gasteiger charge is -2.18. The first kappa shape index (κ1) is 23.2. The van der Waals surface area contributed by atoms with Crippen molar-refractivity contribution in [3.8, 4) is 5.75 Å². The summed E-state index contributed by atoms with van der Waals surface area (Å²) in [7, 11) is -3.26. The third-order valence-electron chi connectivity index (χ3n) is 4.98. The third kappa shape index (κ3) is 4.74. The number of methoxy groups -OCH3 is 1. The molecule has 2 aromatic carbocycles. The first-order chi connectivity index (χ1) is 14.6. The summed E-state index contributed by atoms with van der Waals surface area (Å²) in [4.78, 5) is 12.7. The van der Waals surface area contributed by atoms with Crippen LogP contribution in [0.3, 0.4) is 0 Å². The van der Waals surface area contributed by atoms with E-state index >= 15 is 0 Å². The molecule has 0 saturated carbocycles. The van der Waals surface area contributed by atoms with Crippen LogP contribution in [0.4, 0.5) is 5.69 Å². The Morgan fingerprint density at radius 3 is 2.32 bits per heavy atom. The predicted molar refractivity (Wildman–Crippen MR) is 116 cm³/mol. The van der Waals surface area contributed by atoms with Crippen molar-refractivity contribution in [2.75, 3.05) is 39.6 Å². The van der Waals surface area contributed by atoms with Crippen LogP contribution in [-0.2, 0) is 20.0 Å². The zero-order valence-electron chi connectivity index (χ0n) is 17.5. The van der Waals surface area contributed by atoms with Gasteiger partial charge >= 0.3 is 0 Å². The number of hydrogen-bond donors (Lipinski definition) is 1. The summed E-state index contributed by atoms with van der Waals surface area (Å²) in [6.45, 7) is 0.851. The summed E-state index contributed by atoms with van der Waals surface area (Å²) in [5.74, 6) is -0.414. The fourth-order valence-corrected chi connectivity index (χ4v) is 5.88. The van der Waals surface area contributed by atoms with Gasteiger partial charge in [-0.1, -0.05) is 6.07 Å². The molecule has 0 aromatic heterocycles. The lowest BCUT2D eigenvalue weighted by Crippen LogP contribution is -2.28. The Hall–Kier alpha value is -2.47. The molecule has 1 amide bonds. The molecule has 11 heteroatoms. The zero-order valence-corrected chi connectivity index (χ0v) is 19.2. The van der Waals surface area contributed by atoms with Gasteiger partial charge in [-0.05, 0) is 49.2 Å². The van der Waals surface area contributed by atoms with E-state index in [1.54, 1.807) is 6.07 Å². The van der Waals surface area contributed by atoms with Crippen LogP contribution in [0.5, 0.6) is 5.75 Å². The van der Waals surface area contributed by atoms with Gasteiger partial charge in [0, 0.05) is 38.4 Å². The molecule has 0 unspecified atom stereocenters. The number of nitrogens with zero attached hydrogens (tertiary/aromatic N) is 2. The molecule has 9 nitrogen and oxygen atoms in total. The van der Waals surface area contributed by atoms with Gasteiger partial charge in [-0.15, -0.1) is 0 Å². The van der Waals surface area contributed by atoms with Crippen LogP contribution in [0.25, 0.3) is 0 Å². The Morgan fingerprint density at radius 2 is 1.71 bits per heavy atom. The number of sulfonamides is 2. The zero-order chi connectivity index (χ0) is 22.8. The van der Waals surface area contributed by atoms with E-state index < -0.39 is 26.0 Å². The molecule has 1 aliphatic heterocycles. The molecule has 1 saturated heterocycles. The van der Waals surface area contributed by atoms with Gasteiger partial charge in [-0.3, -0.25) is 4.79 Å². The van der Waals surface area contributed by atoms with E-state index in [1.807, 2.05) is 0 Å². The highest BCUT2D eigenvalue weighted by Crippen LogP contribution is 2.30. The summed E-state index contributed by atoms with van der Waals surface area (Å²) in [5.41, 5.74) is 0.382. The minimum Gasteiger partial charge on any atom is -0.495 e. The minimum absolute atomic E-state index is 0.0299. The van der Waals surface area contributed by atoms with Crippen LogP contribution in [0.1, 0.15) is 23.2 Å². The van der Waals surface area contributed by atoms with Gasteiger partial charge in [0.25, 0.3) is 5.91 Å². The Kier molecular flexibility index (Phi) is 6.70. The Balaban J connectivity index is 1.91. The smallest absolute Gasteiger partial charge is 0.255 e. The standard InChI is InChI=1S/C20H25N3O6S2/c1-22(2)30(25,26)17-8-6-7-16(14-17)21-20(24)15-9-10-18(29-3)19(13-15)31(27,28)23-11-4-5-12-23/h6-10,13-14H,4-5,11-12H2,1-3H3,(H,21,24). The number of amides is 1. The molecule has 0 radical (unpaired) electrons. The summed E-state index contributed by atoms with van der Waals surface area (Å²) in [6.07, 6.45) is 1.57. The Morgan fingerprint density at radius 1 is 1.03 bits per heavy atom. The molecule has 3 rings (SSSR count). The summed E-state index contributed by atoms with van der Waals surface area (Å²) in [5, 5.41) is 2.62. The van der Waals surface area contributed by atoms with E-state index in [0.717, 1.165) is 17.1 Å². The molecule has 2 aromatic rings. The second-order valence-electron chi connectivity index (χ2n) is 7.25. The van der Waals surface area contributed by atoms with Gasteiger partial charge in [-0.25, -0.2) is 21.1 Å². The molecule has 0 bridgehead atoms. The fourth-order valence-electron chi connectivity index (χ4n) is 3.24. The molecular formula is C20H25N3O6S2. The Labute approximate surface area is 182 Å². The van der Waals surface area contributed by atoms with Crippen LogP contribution in [0.15, 0.2) is 52.3 Å². The first-order valence-electron chi connectivity index (χ1n) is 9.59. The average Bonchev–Trinajstić information content (AvgIpc) is 3.29. The Bertz CT molecular complexity index is 1190. The number of anilines is 1. The van der Waals surface area contributed by atoms with Gasteiger partial charge < -0.3 is 10.1 Å². The lowest BCUT2D eigenvalue weighted by atomic mass is 10.2. The van der Waals surface area contributed by atoms with Crippen molar-refractivity contribution in [3.05, 3.63) is 48.0 Å². The molecule has 1 fully saturated rings. The van der Waals surface area contributed by atoms with Crippen LogP contribution in [-0.4, -0.2) is 65.6 Å². The maximum absolute atomic E-state index is 13.0. The molecule has 168 valence electrons. The second kappa shape index (κ2) is 8.95.